The highest BCUT2D eigenvalue weighted by Gasteiger charge is 2.22. The maximum Gasteiger partial charge on any atom is 0.163 e. The SMILES string of the molecule is C.C.C.C.CC(C)c1cnn2c(NCc3ccccc3)cc(NC(CO)CCO)nc12.CC(C)c1cnn2c(NCc3ccccc3F)cc(NC(CO)CCO)nc12.CC(C)c1cnn2c(NCc3ccccc3F)cc(N[C@@H](CO)CCO)nc12.CC(C)c1cnn2c(NCc3ccccc3F)cc(N[C@H](CO)CCO)nc12. The van der Waals surface area contributed by atoms with Crippen LogP contribution < -0.4 is 42.5 Å². The van der Waals surface area contributed by atoms with Crippen molar-refractivity contribution in [1.82, 2.24) is 58.4 Å². The lowest BCUT2D eigenvalue weighted by atomic mass is 10.1. The Labute approximate surface area is 672 Å². The number of hydrogen-bond acceptors (Lipinski definition) is 24. The molecule has 0 saturated heterocycles. The van der Waals surface area contributed by atoms with E-state index in [2.05, 4.69) is 145 Å². The molecule has 0 spiro atoms. The first-order valence-corrected chi connectivity index (χ1v) is 37.4. The van der Waals surface area contributed by atoms with Crippen LogP contribution in [0, 0.1) is 17.5 Å². The van der Waals surface area contributed by atoms with Gasteiger partial charge in [-0.1, -0.05) is 170 Å². The Morgan fingerprint density at radius 2 is 0.539 bits per heavy atom. The van der Waals surface area contributed by atoms with Gasteiger partial charge >= 0.3 is 0 Å². The second-order valence-electron chi connectivity index (χ2n) is 27.9. The Morgan fingerprint density at radius 3 is 0.757 bits per heavy atom. The third-order valence-electron chi connectivity index (χ3n) is 18.3. The molecule has 0 radical (unpaired) electrons. The van der Waals surface area contributed by atoms with Crippen molar-refractivity contribution in [2.24, 2.45) is 0 Å². The van der Waals surface area contributed by atoms with E-state index in [9.17, 15) is 33.6 Å². The van der Waals surface area contributed by atoms with Gasteiger partial charge in [0.15, 0.2) is 22.6 Å². The predicted molar refractivity (Wildman–Crippen MR) is 455 cm³/mol. The molecule has 115 heavy (non-hydrogen) atoms. The molecule has 0 bridgehead atoms. The summed E-state index contributed by atoms with van der Waals surface area (Å²) in [7, 11) is 0. The number of aliphatic hydroxyl groups excluding tert-OH is 8. The van der Waals surface area contributed by atoms with Crippen LogP contribution in [0.3, 0.4) is 0 Å². The minimum Gasteiger partial charge on any atom is -0.396 e. The van der Waals surface area contributed by atoms with Gasteiger partial charge in [0, 0.05) is 116 Å². The monoisotopic (exact) mass is 1590 g/mol. The van der Waals surface area contributed by atoms with Gasteiger partial charge in [-0.2, -0.15) is 38.5 Å². The molecule has 2 unspecified atom stereocenters. The molecule has 626 valence electrons. The number of nitrogens with zero attached hydrogens (tertiary/aromatic N) is 12. The molecule has 0 aliphatic carbocycles. The van der Waals surface area contributed by atoms with E-state index in [1.165, 1.54) is 23.8 Å². The van der Waals surface area contributed by atoms with Crippen LogP contribution in [0.1, 0.15) is 179 Å². The summed E-state index contributed by atoms with van der Waals surface area (Å²) in [6, 6.07) is 36.0. The summed E-state index contributed by atoms with van der Waals surface area (Å²) < 4.78 is 48.8. The van der Waals surface area contributed by atoms with E-state index >= 15 is 0 Å². The summed E-state index contributed by atoms with van der Waals surface area (Å²) in [5.74, 6) is 5.25. The summed E-state index contributed by atoms with van der Waals surface area (Å²) in [5.41, 5.74) is 9.69. The molecular weight excluding hydrogens is 1470 g/mol. The predicted octanol–water partition coefficient (Wildman–Crippen LogP) is 13.4. The molecule has 0 aliphatic rings. The van der Waals surface area contributed by atoms with Gasteiger partial charge in [0.2, 0.25) is 0 Å². The standard InChI is InChI=1S/3C20H26FN5O2.C20H27N5O2.4CH4/c3*1-13(2)16-11-23-26-19(22-10-14-5-3-4-6-17(14)21)9-18(25-20(16)26)24-15(12-28)7-8-27;1-14(2)17-12-22-25-19(21-11-15-6-4-3-5-7-15)10-18(24-20(17)25)23-16(13-27)8-9-26;;;;/h3*3-6,9,11,13,15,22,27-28H,7-8,10,12H2,1-2H3,(H,24,25);3-7,10,12,14,16,21,26-27H,8-9,11,13H2,1-2H3,(H,23,24);4*1H4/t2*15-;;;;;;/m10....../s1. The molecule has 12 aromatic rings. The molecule has 4 aromatic carbocycles. The van der Waals surface area contributed by atoms with E-state index in [1.807, 2.05) is 35.0 Å². The highest BCUT2D eigenvalue weighted by molar-refractivity contribution is 5.65. The smallest absolute Gasteiger partial charge is 0.163 e. The molecule has 8 aromatic heterocycles. The number of aromatic nitrogens is 12. The average Bonchev–Trinajstić information content (AvgIpc) is 1.68. The van der Waals surface area contributed by atoms with Gasteiger partial charge in [-0.3, -0.25) is 0 Å². The lowest BCUT2D eigenvalue weighted by Crippen LogP contribution is -2.25. The molecular formula is C84H121F3N20O8. The zero-order valence-corrected chi connectivity index (χ0v) is 63.9. The van der Waals surface area contributed by atoms with Crippen molar-refractivity contribution in [3.63, 3.8) is 0 Å². The molecule has 0 saturated carbocycles. The molecule has 0 fully saturated rings. The zero-order valence-electron chi connectivity index (χ0n) is 63.9. The van der Waals surface area contributed by atoms with Gasteiger partial charge in [-0.15, -0.1) is 0 Å². The Balaban J connectivity index is 0.000000271. The number of halogens is 3. The normalized spacial score (nSPS) is 12.1. The van der Waals surface area contributed by atoms with Crippen LogP contribution in [0.5, 0.6) is 0 Å². The number of anilines is 8. The quantitative estimate of drug-likeness (QED) is 0.0173. The van der Waals surface area contributed by atoms with Gasteiger partial charge in [0.1, 0.15) is 64.0 Å². The second kappa shape index (κ2) is 47.2. The van der Waals surface area contributed by atoms with Crippen LogP contribution in [0.2, 0.25) is 0 Å². The molecule has 0 aliphatic heterocycles. The number of hydrogen-bond donors (Lipinski definition) is 16. The molecule has 8 heterocycles. The number of rotatable bonds is 36. The lowest BCUT2D eigenvalue weighted by Gasteiger charge is -2.18. The summed E-state index contributed by atoms with van der Waals surface area (Å²) in [5, 5.41) is 118. The van der Waals surface area contributed by atoms with Gasteiger partial charge in [0.25, 0.3) is 0 Å². The van der Waals surface area contributed by atoms with Crippen LogP contribution >= 0.6 is 0 Å². The number of nitrogens with one attached hydrogen (secondary N) is 8. The topological polar surface area (TPSA) is 379 Å². The van der Waals surface area contributed by atoms with E-state index in [0.717, 1.165) is 33.7 Å². The van der Waals surface area contributed by atoms with Crippen molar-refractivity contribution in [3.8, 4) is 0 Å². The number of benzene rings is 4. The Bertz CT molecular complexity index is 4490. The van der Waals surface area contributed by atoms with Gasteiger partial charge in [-0.05, 0) is 73.1 Å². The largest absolute Gasteiger partial charge is 0.396 e. The van der Waals surface area contributed by atoms with E-state index in [-0.39, 0.29) is 142 Å². The second-order valence-corrected chi connectivity index (χ2v) is 27.9. The Hall–Kier alpha value is -10.8. The average molecular weight is 1600 g/mol. The van der Waals surface area contributed by atoms with Crippen LogP contribution in [0.4, 0.5) is 59.7 Å². The van der Waals surface area contributed by atoms with Crippen LogP contribution in [-0.2, 0) is 26.2 Å². The first-order chi connectivity index (χ1) is 53.7. The van der Waals surface area contributed by atoms with Crippen molar-refractivity contribution in [2.45, 2.75) is 185 Å². The zero-order chi connectivity index (χ0) is 79.5. The Kier molecular flexibility index (Phi) is 38.9. The van der Waals surface area contributed by atoms with E-state index in [0.29, 0.717) is 132 Å². The van der Waals surface area contributed by atoms with Crippen LogP contribution in [0.25, 0.3) is 22.6 Å². The van der Waals surface area contributed by atoms with Crippen LogP contribution in [0.15, 0.2) is 152 Å². The summed E-state index contributed by atoms with van der Waals surface area (Å²) in [6.45, 7) is 17.6. The maximum atomic E-state index is 14.0. The third kappa shape index (κ3) is 25.9. The summed E-state index contributed by atoms with van der Waals surface area (Å²) >= 11 is 0. The molecule has 16 N–H and O–H groups in total. The summed E-state index contributed by atoms with van der Waals surface area (Å²) in [6.07, 6.45) is 8.84. The van der Waals surface area contributed by atoms with Crippen molar-refractivity contribution < 1.29 is 54.0 Å². The van der Waals surface area contributed by atoms with E-state index < -0.39 is 0 Å². The Morgan fingerprint density at radius 1 is 0.313 bits per heavy atom. The first kappa shape index (κ1) is 94.8. The minimum absolute atomic E-state index is 0. The lowest BCUT2D eigenvalue weighted by molar-refractivity contribution is 0.228. The van der Waals surface area contributed by atoms with Gasteiger partial charge in [0.05, 0.1) is 75.4 Å². The number of aliphatic hydroxyl groups is 8. The van der Waals surface area contributed by atoms with Crippen molar-refractivity contribution in [3.05, 3.63) is 214 Å². The van der Waals surface area contributed by atoms with E-state index in [4.69, 9.17) is 25.4 Å². The third-order valence-corrected chi connectivity index (χ3v) is 18.3. The fourth-order valence-electron chi connectivity index (χ4n) is 11.9. The van der Waals surface area contributed by atoms with Gasteiger partial charge < -0.3 is 83.4 Å². The first-order valence-electron chi connectivity index (χ1n) is 37.4. The molecule has 0 amide bonds. The van der Waals surface area contributed by atoms with Crippen molar-refractivity contribution in [2.75, 3.05) is 95.4 Å². The fraction of sp³-hybridized carbons (Fsp3) is 0.429. The highest BCUT2D eigenvalue weighted by Crippen LogP contribution is 2.31. The maximum absolute atomic E-state index is 14.0. The van der Waals surface area contributed by atoms with Crippen molar-refractivity contribution >= 4 is 69.1 Å². The van der Waals surface area contributed by atoms with E-state index in [1.54, 1.807) is 105 Å². The summed E-state index contributed by atoms with van der Waals surface area (Å²) in [4.78, 5) is 18.6. The molecule has 12 rings (SSSR count). The molecule has 31 heteroatoms. The van der Waals surface area contributed by atoms with Gasteiger partial charge in [-0.25, -0.2) is 33.1 Å². The fourth-order valence-corrected chi connectivity index (χ4v) is 11.9. The molecule has 4 atom stereocenters. The number of fused-ring (bicyclic) bond motifs is 4. The van der Waals surface area contributed by atoms with Crippen LogP contribution in [-0.4, -0.2) is 176 Å². The molecule has 28 nitrogen and oxygen atoms in total. The van der Waals surface area contributed by atoms with Crippen molar-refractivity contribution in [1.29, 1.82) is 0 Å². The highest BCUT2D eigenvalue weighted by atomic mass is 19.1. The minimum atomic E-state index is -0.315.